The third-order valence-corrected chi connectivity index (χ3v) is 7.57. The number of pyridine rings is 1. The highest BCUT2D eigenvalue weighted by molar-refractivity contribution is 7.14. The molecule has 1 atom stereocenters. The van der Waals surface area contributed by atoms with Gasteiger partial charge in [-0.05, 0) is 26.0 Å². The number of hydrogen-bond acceptors (Lipinski definition) is 10. The summed E-state index contributed by atoms with van der Waals surface area (Å²) in [5, 5.41) is 7.55. The van der Waals surface area contributed by atoms with Crippen molar-refractivity contribution in [1.82, 2.24) is 29.7 Å². The molecule has 1 aliphatic heterocycles. The second-order valence-electron chi connectivity index (χ2n) is 9.12. The Morgan fingerprint density at radius 2 is 1.95 bits per heavy atom. The Hall–Kier alpha value is -4.28. The highest BCUT2D eigenvalue weighted by Crippen LogP contribution is 2.48. The average Bonchev–Trinajstić information content (AvgIpc) is 3.49. The van der Waals surface area contributed by atoms with Gasteiger partial charge < -0.3 is 15.8 Å². The molecule has 1 amide bonds. The molecule has 5 heterocycles. The van der Waals surface area contributed by atoms with Crippen molar-refractivity contribution in [1.29, 1.82) is 0 Å². The van der Waals surface area contributed by atoms with E-state index in [0.717, 1.165) is 16.0 Å². The number of nitrogens with one attached hydrogen (secondary N) is 1. The molecule has 3 N–H and O–H groups in total. The predicted molar refractivity (Wildman–Crippen MR) is 132 cm³/mol. The molecule has 0 aliphatic carbocycles. The van der Waals surface area contributed by atoms with Gasteiger partial charge in [-0.3, -0.25) is 9.59 Å². The predicted octanol–water partition coefficient (Wildman–Crippen LogP) is 4.01. The zero-order valence-electron chi connectivity index (χ0n) is 20.9. The Labute approximate surface area is 225 Å². The first-order chi connectivity index (χ1) is 18.6. The second-order valence-corrected chi connectivity index (χ2v) is 10.1. The number of nitrogen functional groups attached to an aromatic ring is 1. The number of fused-ring (bicyclic) bond motifs is 2. The van der Waals surface area contributed by atoms with Crippen molar-refractivity contribution in [2.24, 2.45) is 0 Å². The lowest BCUT2D eigenvalue weighted by Gasteiger charge is -2.19. The van der Waals surface area contributed by atoms with Crippen molar-refractivity contribution in [3.63, 3.8) is 0 Å². The molecule has 5 rings (SSSR count). The summed E-state index contributed by atoms with van der Waals surface area (Å²) in [7, 11) is 0. The summed E-state index contributed by atoms with van der Waals surface area (Å²) in [4.78, 5) is 41.8. The number of thiazole rings is 1. The third kappa shape index (κ3) is 4.29. The molecule has 0 aromatic carbocycles. The fraction of sp³-hybridized carbons (Fsp3) is 0.348. The third-order valence-electron chi connectivity index (χ3n) is 6.31. The van der Waals surface area contributed by atoms with E-state index in [1.807, 2.05) is 0 Å². The van der Waals surface area contributed by atoms with E-state index < -0.39 is 42.4 Å². The number of anilines is 2. The van der Waals surface area contributed by atoms with Crippen LogP contribution in [-0.2, 0) is 21.5 Å². The number of aryl methyl sites for hydroxylation is 2. The normalized spacial score (nSPS) is 17.2. The minimum absolute atomic E-state index is 0.0121. The fourth-order valence-electron chi connectivity index (χ4n) is 4.26. The van der Waals surface area contributed by atoms with Gasteiger partial charge in [0, 0.05) is 26.1 Å². The van der Waals surface area contributed by atoms with E-state index in [9.17, 15) is 31.5 Å². The molecule has 210 valence electrons. The number of nitrogens with zero attached hydrogens (tertiary/aromatic N) is 6. The number of rotatable bonds is 6. The molecule has 0 saturated heterocycles. The molecule has 0 radical (unpaired) electrons. The Kier molecular flexibility index (Phi) is 6.24. The van der Waals surface area contributed by atoms with Crippen molar-refractivity contribution < 1.29 is 36.3 Å². The Morgan fingerprint density at radius 1 is 1.23 bits per heavy atom. The first-order valence-corrected chi connectivity index (χ1v) is 12.4. The first-order valence-electron chi connectivity index (χ1n) is 11.6. The number of nitrogens with two attached hydrogens (primary N) is 1. The molecule has 11 nitrogen and oxygen atoms in total. The van der Waals surface area contributed by atoms with Gasteiger partial charge in [0.25, 0.3) is 0 Å². The van der Waals surface area contributed by atoms with Gasteiger partial charge in [0.1, 0.15) is 27.8 Å². The van der Waals surface area contributed by atoms with E-state index in [0.29, 0.717) is 5.69 Å². The SMILES string of the molecule is CC(=O)Oc1sc([C@]2(C)C(=O)Nc3nc(-c4nn(CCC(F)(F)C(F)(F)F)c5ncccc45)nc(N)c32)nc1C. The highest BCUT2D eigenvalue weighted by atomic mass is 32.1. The maximum Gasteiger partial charge on any atom is 0.453 e. The zero-order chi connectivity index (χ0) is 29.2. The molecule has 4 aromatic heterocycles. The lowest BCUT2D eigenvalue weighted by molar-refractivity contribution is -0.285. The second kappa shape index (κ2) is 9.14. The van der Waals surface area contributed by atoms with E-state index in [4.69, 9.17) is 10.5 Å². The minimum Gasteiger partial charge on any atom is -0.414 e. The summed E-state index contributed by atoms with van der Waals surface area (Å²) < 4.78 is 71.3. The van der Waals surface area contributed by atoms with Crippen molar-refractivity contribution in [2.45, 2.75) is 51.3 Å². The number of carbonyl (C=O) groups excluding carboxylic acids is 2. The maximum atomic E-state index is 13.6. The van der Waals surface area contributed by atoms with Gasteiger partial charge >= 0.3 is 18.1 Å². The van der Waals surface area contributed by atoms with Crippen LogP contribution in [0.5, 0.6) is 5.06 Å². The number of esters is 1. The van der Waals surface area contributed by atoms with E-state index >= 15 is 0 Å². The van der Waals surface area contributed by atoms with Crippen LogP contribution >= 0.6 is 11.3 Å². The lowest BCUT2D eigenvalue weighted by atomic mass is 9.85. The molecule has 17 heteroatoms. The monoisotopic (exact) mass is 582 g/mol. The molecule has 40 heavy (non-hydrogen) atoms. The average molecular weight is 583 g/mol. The highest BCUT2D eigenvalue weighted by Gasteiger charge is 2.57. The summed E-state index contributed by atoms with van der Waals surface area (Å²) in [6.45, 7) is 3.59. The topological polar surface area (TPSA) is 151 Å². The molecular formula is C23H19F5N8O3S. The van der Waals surface area contributed by atoms with Crippen LogP contribution in [0.1, 0.15) is 36.5 Å². The van der Waals surface area contributed by atoms with E-state index in [-0.39, 0.29) is 49.8 Å². The van der Waals surface area contributed by atoms with Crippen LogP contribution in [0.2, 0.25) is 0 Å². The molecule has 4 aromatic rings. The number of alkyl halides is 5. The van der Waals surface area contributed by atoms with E-state index in [1.165, 1.54) is 25.3 Å². The van der Waals surface area contributed by atoms with Gasteiger partial charge in [-0.1, -0.05) is 11.3 Å². The summed E-state index contributed by atoms with van der Waals surface area (Å²) in [6.07, 6.45) is -5.95. The molecule has 0 unspecified atom stereocenters. The quantitative estimate of drug-likeness (QED) is 0.254. The van der Waals surface area contributed by atoms with Crippen LogP contribution in [0.15, 0.2) is 18.3 Å². The van der Waals surface area contributed by atoms with Crippen LogP contribution in [0.25, 0.3) is 22.6 Å². The van der Waals surface area contributed by atoms with Crippen LogP contribution in [-0.4, -0.2) is 53.7 Å². The lowest BCUT2D eigenvalue weighted by Crippen LogP contribution is -2.37. The summed E-state index contributed by atoms with van der Waals surface area (Å²) in [5.74, 6) is -6.24. The number of hydrogen-bond donors (Lipinski definition) is 2. The Morgan fingerprint density at radius 3 is 2.62 bits per heavy atom. The largest absolute Gasteiger partial charge is 0.453 e. The standard InChI is InChI=1S/C23H19F5N8O3S/c1-9-18(39-10(2)37)40-20(31-9)21(3)12-14(29)32-16(33-15(12)34-19(21)38)13-11-5-4-7-30-17(11)36(35-13)8-6-22(24,25)23(26,27)28/h4-5,7H,6,8H2,1-3H3,(H3,29,32,33,34,38)/t21-/m0/s1. The first kappa shape index (κ1) is 27.3. The number of amides is 1. The van der Waals surface area contributed by atoms with Crippen LogP contribution in [0.4, 0.5) is 33.6 Å². The number of carbonyl (C=O) groups is 2. The van der Waals surface area contributed by atoms with Gasteiger partial charge in [-0.25, -0.2) is 24.6 Å². The molecule has 0 spiro atoms. The van der Waals surface area contributed by atoms with Gasteiger partial charge in [0.2, 0.25) is 11.0 Å². The minimum atomic E-state index is -5.72. The smallest absolute Gasteiger partial charge is 0.414 e. The van der Waals surface area contributed by atoms with Crippen LogP contribution < -0.4 is 15.8 Å². The molecule has 0 saturated carbocycles. The van der Waals surface area contributed by atoms with Crippen molar-refractivity contribution in [3.8, 4) is 16.6 Å². The summed E-state index contributed by atoms with van der Waals surface area (Å²) in [6, 6.07) is 3.04. The maximum absolute atomic E-state index is 13.6. The van der Waals surface area contributed by atoms with Gasteiger partial charge in [-0.2, -0.15) is 27.1 Å². The summed E-state index contributed by atoms with van der Waals surface area (Å²) in [5.41, 5.74) is 5.48. The van der Waals surface area contributed by atoms with E-state index in [2.05, 4.69) is 30.4 Å². The van der Waals surface area contributed by atoms with Crippen LogP contribution in [0, 0.1) is 6.92 Å². The van der Waals surface area contributed by atoms with E-state index in [1.54, 1.807) is 13.8 Å². The number of aromatic nitrogens is 6. The van der Waals surface area contributed by atoms with Crippen molar-refractivity contribution in [2.75, 3.05) is 11.1 Å². The van der Waals surface area contributed by atoms with Crippen molar-refractivity contribution in [3.05, 3.63) is 34.6 Å². The van der Waals surface area contributed by atoms with Gasteiger partial charge in [0.15, 0.2) is 11.5 Å². The molecule has 1 aliphatic rings. The fourth-order valence-corrected chi connectivity index (χ4v) is 5.37. The van der Waals surface area contributed by atoms with Crippen molar-refractivity contribution >= 4 is 45.9 Å². The molecule has 0 fully saturated rings. The molecule has 0 bridgehead atoms. The van der Waals surface area contributed by atoms with Gasteiger partial charge in [0.05, 0.1) is 16.6 Å². The Bertz CT molecular complexity index is 1680. The number of halogens is 5. The number of ether oxygens (including phenoxy) is 1. The van der Waals surface area contributed by atoms with Crippen LogP contribution in [0.3, 0.4) is 0 Å². The summed E-state index contributed by atoms with van der Waals surface area (Å²) >= 11 is 0.983. The molecular weight excluding hydrogens is 563 g/mol. The Balaban J connectivity index is 1.57. The van der Waals surface area contributed by atoms with Gasteiger partial charge in [-0.15, -0.1) is 0 Å². The zero-order valence-corrected chi connectivity index (χ0v) is 21.7.